The summed E-state index contributed by atoms with van der Waals surface area (Å²) in [6.07, 6.45) is 7.84. The van der Waals surface area contributed by atoms with E-state index >= 15 is 0 Å². The average Bonchev–Trinajstić information content (AvgIpc) is 2.04. The number of nitrogens with zero attached hydrogens (tertiary/aromatic N) is 1. The second-order valence-corrected chi connectivity index (χ2v) is 2.29. The van der Waals surface area contributed by atoms with Crippen molar-refractivity contribution in [3.8, 4) is 12.3 Å². The SMILES string of the molecule is C#CC(C)c1ccncc1F. The van der Waals surface area contributed by atoms with E-state index in [4.69, 9.17) is 6.42 Å². The first-order valence-corrected chi connectivity index (χ1v) is 3.31. The lowest BCUT2D eigenvalue weighted by Gasteiger charge is -2.03. The fourth-order valence-electron chi connectivity index (χ4n) is 0.827. The van der Waals surface area contributed by atoms with E-state index in [2.05, 4.69) is 10.9 Å². The lowest BCUT2D eigenvalue weighted by Crippen LogP contribution is -1.94. The number of hydrogen-bond acceptors (Lipinski definition) is 1. The largest absolute Gasteiger partial charge is 0.262 e. The number of pyridine rings is 1. The van der Waals surface area contributed by atoms with Gasteiger partial charge in [0.2, 0.25) is 0 Å². The summed E-state index contributed by atoms with van der Waals surface area (Å²) in [5.41, 5.74) is 0.530. The van der Waals surface area contributed by atoms with E-state index < -0.39 is 0 Å². The Bertz CT molecular complexity index is 288. The molecule has 1 nitrogen and oxygen atoms in total. The van der Waals surface area contributed by atoms with Crippen molar-refractivity contribution in [2.24, 2.45) is 0 Å². The van der Waals surface area contributed by atoms with Gasteiger partial charge in [0.15, 0.2) is 0 Å². The van der Waals surface area contributed by atoms with E-state index in [1.165, 1.54) is 12.4 Å². The number of terminal acetylenes is 1. The number of halogens is 1. The van der Waals surface area contributed by atoms with Crippen molar-refractivity contribution < 1.29 is 4.39 Å². The molecule has 0 bridgehead atoms. The fraction of sp³-hybridized carbons (Fsp3) is 0.222. The molecule has 0 aliphatic rings. The third kappa shape index (κ3) is 1.56. The van der Waals surface area contributed by atoms with Crippen LogP contribution in [0, 0.1) is 18.2 Å². The van der Waals surface area contributed by atoms with Crippen LogP contribution in [0.15, 0.2) is 18.5 Å². The van der Waals surface area contributed by atoms with Crippen LogP contribution in [-0.2, 0) is 0 Å². The van der Waals surface area contributed by atoms with Crippen LogP contribution in [0.25, 0.3) is 0 Å². The normalized spacial score (nSPS) is 12.1. The molecule has 11 heavy (non-hydrogen) atoms. The van der Waals surface area contributed by atoms with E-state index in [0.717, 1.165) is 0 Å². The number of aromatic nitrogens is 1. The highest BCUT2D eigenvalue weighted by Crippen LogP contribution is 2.15. The Kier molecular flexibility index (Phi) is 2.22. The maximum atomic E-state index is 12.9. The van der Waals surface area contributed by atoms with Crippen LogP contribution >= 0.6 is 0 Å². The molecule has 0 fully saturated rings. The molecule has 0 aromatic carbocycles. The van der Waals surface area contributed by atoms with Crippen LogP contribution in [0.3, 0.4) is 0 Å². The highest BCUT2D eigenvalue weighted by molar-refractivity contribution is 5.24. The first-order valence-electron chi connectivity index (χ1n) is 3.31. The van der Waals surface area contributed by atoms with Crippen LogP contribution < -0.4 is 0 Å². The maximum absolute atomic E-state index is 12.9. The zero-order valence-electron chi connectivity index (χ0n) is 6.21. The van der Waals surface area contributed by atoms with Gasteiger partial charge in [-0.05, 0) is 13.0 Å². The minimum atomic E-state index is -0.335. The van der Waals surface area contributed by atoms with Crippen molar-refractivity contribution in [3.05, 3.63) is 29.8 Å². The Labute approximate surface area is 65.3 Å². The summed E-state index contributed by atoms with van der Waals surface area (Å²) in [5, 5.41) is 0. The van der Waals surface area contributed by atoms with Crippen LogP contribution in [0.1, 0.15) is 18.4 Å². The molecule has 56 valence electrons. The van der Waals surface area contributed by atoms with Crippen LogP contribution in [0.5, 0.6) is 0 Å². The quantitative estimate of drug-likeness (QED) is 0.556. The fourth-order valence-corrected chi connectivity index (χ4v) is 0.827. The predicted molar refractivity (Wildman–Crippen MR) is 41.4 cm³/mol. The predicted octanol–water partition coefficient (Wildman–Crippen LogP) is 1.96. The minimum absolute atomic E-state index is 0.182. The summed E-state index contributed by atoms with van der Waals surface area (Å²) in [6, 6.07) is 1.60. The summed E-state index contributed by atoms with van der Waals surface area (Å²) in [5.74, 6) is 1.94. The van der Waals surface area contributed by atoms with Crippen molar-refractivity contribution >= 4 is 0 Å². The van der Waals surface area contributed by atoms with Gasteiger partial charge in [-0.1, -0.05) is 5.92 Å². The molecular formula is C9H8FN. The molecule has 1 atom stereocenters. The van der Waals surface area contributed by atoms with Crippen molar-refractivity contribution in [2.45, 2.75) is 12.8 Å². The van der Waals surface area contributed by atoms with E-state index in [0.29, 0.717) is 5.56 Å². The van der Waals surface area contributed by atoms with Gasteiger partial charge in [-0.3, -0.25) is 4.98 Å². The van der Waals surface area contributed by atoms with Crippen molar-refractivity contribution in [1.29, 1.82) is 0 Å². The topological polar surface area (TPSA) is 12.9 Å². The Hall–Kier alpha value is -1.36. The molecule has 0 amide bonds. The molecule has 0 saturated carbocycles. The van der Waals surface area contributed by atoms with Crippen LogP contribution in [-0.4, -0.2) is 4.98 Å². The molecule has 1 aromatic heterocycles. The Morgan fingerprint density at radius 1 is 1.73 bits per heavy atom. The Morgan fingerprint density at radius 3 is 3.00 bits per heavy atom. The molecule has 0 radical (unpaired) electrons. The van der Waals surface area contributed by atoms with E-state index in [1.54, 1.807) is 13.0 Å². The summed E-state index contributed by atoms with van der Waals surface area (Å²) >= 11 is 0. The number of hydrogen-bond donors (Lipinski definition) is 0. The van der Waals surface area contributed by atoms with Gasteiger partial charge in [0.1, 0.15) is 5.82 Å². The summed E-state index contributed by atoms with van der Waals surface area (Å²) in [4.78, 5) is 3.62. The van der Waals surface area contributed by atoms with Gasteiger partial charge in [0.25, 0.3) is 0 Å². The zero-order valence-corrected chi connectivity index (χ0v) is 6.21. The third-order valence-corrected chi connectivity index (χ3v) is 1.52. The standard InChI is InChI=1S/C9H8FN/c1-3-7(2)8-4-5-11-6-9(8)10/h1,4-7H,2H3. The van der Waals surface area contributed by atoms with E-state index in [9.17, 15) is 4.39 Å². The van der Waals surface area contributed by atoms with Crippen molar-refractivity contribution in [2.75, 3.05) is 0 Å². The highest BCUT2D eigenvalue weighted by Gasteiger charge is 2.06. The molecule has 1 unspecified atom stereocenters. The highest BCUT2D eigenvalue weighted by atomic mass is 19.1. The van der Waals surface area contributed by atoms with Crippen LogP contribution in [0.2, 0.25) is 0 Å². The molecule has 2 heteroatoms. The lowest BCUT2D eigenvalue weighted by atomic mass is 10.0. The molecule has 0 N–H and O–H groups in total. The van der Waals surface area contributed by atoms with Gasteiger partial charge in [-0.25, -0.2) is 4.39 Å². The summed E-state index contributed by atoms with van der Waals surface area (Å²) in [6.45, 7) is 1.78. The molecule has 1 heterocycles. The third-order valence-electron chi connectivity index (χ3n) is 1.52. The van der Waals surface area contributed by atoms with E-state index in [1.807, 2.05) is 0 Å². The molecule has 0 aliphatic carbocycles. The van der Waals surface area contributed by atoms with Gasteiger partial charge in [-0.15, -0.1) is 6.42 Å². The smallest absolute Gasteiger partial charge is 0.145 e. The van der Waals surface area contributed by atoms with Crippen LogP contribution in [0.4, 0.5) is 4.39 Å². The Morgan fingerprint density at radius 2 is 2.45 bits per heavy atom. The van der Waals surface area contributed by atoms with Gasteiger partial charge in [0.05, 0.1) is 6.20 Å². The van der Waals surface area contributed by atoms with Crippen molar-refractivity contribution in [1.82, 2.24) is 4.98 Å². The Balaban J connectivity index is 3.05. The molecule has 1 aromatic rings. The molecule has 0 spiro atoms. The first kappa shape index (κ1) is 7.74. The van der Waals surface area contributed by atoms with Gasteiger partial charge < -0.3 is 0 Å². The van der Waals surface area contributed by atoms with Gasteiger partial charge >= 0.3 is 0 Å². The summed E-state index contributed by atoms with van der Waals surface area (Å²) in [7, 11) is 0. The molecule has 0 aliphatic heterocycles. The minimum Gasteiger partial charge on any atom is -0.262 e. The monoisotopic (exact) mass is 149 g/mol. The molecular weight excluding hydrogens is 141 g/mol. The lowest BCUT2D eigenvalue weighted by molar-refractivity contribution is 0.600. The van der Waals surface area contributed by atoms with Gasteiger partial charge in [0, 0.05) is 17.7 Å². The average molecular weight is 149 g/mol. The maximum Gasteiger partial charge on any atom is 0.145 e. The second-order valence-electron chi connectivity index (χ2n) is 2.29. The molecule has 1 rings (SSSR count). The second kappa shape index (κ2) is 3.16. The van der Waals surface area contributed by atoms with E-state index in [-0.39, 0.29) is 11.7 Å². The van der Waals surface area contributed by atoms with Gasteiger partial charge in [-0.2, -0.15) is 0 Å². The zero-order chi connectivity index (χ0) is 8.27. The number of rotatable bonds is 1. The first-order chi connectivity index (χ1) is 5.25. The molecule has 0 saturated heterocycles. The summed E-state index contributed by atoms with van der Waals surface area (Å²) < 4.78 is 12.9. The van der Waals surface area contributed by atoms with Crippen molar-refractivity contribution in [3.63, 3.8) is 0 Å².